The maximum absolute atomic E-state index is 11.1. The first-order valence-electron chi connectivity index (χ1n) is 3.31. The van der Waals surface area contributed by atoms with Crippen molar-refractivity contribution in [1.82, 2.24) is 0 Å². The zero-order valence-electron chi connectivity index (χ0n) is 6.78. The summed E-state index contributed by atoms with van der Waals surface area (Å²) in [5.74, 6) is 0. The van der Waals surface area contributed by atoms with Crippen molar-refractivity contribution in [2.24, 2.45) is 0 Å². The van der Waals surface area contributed by atoms with E-state index in [0.717, 1.165) is 12.1 Å². The molecule has 9 heteroatoms. The highest BCUT2D eigenvalue weighted by Crippen LogP contribution is 2.32. The standard InChI is InChI=1S/C6H2Cl2INO4S/c7-3-1-4(10(11)12)6(9)5(2-3)15(8,13)14/h1-2H. The molecule has 0 spiro atoms. The van der Waals surface area contributed by atoms with Crippen molar-refractivity contribution < 1.29 is 13.3 Å². The van der Waals surface area contributed by atoms with Gasteiger partial charge >= 0.3 is 0 Å². The van der Waals surface area contributed by atoms with Gasteiger partial charge in [-0.1, -0.05) is 11.6 Å². The fraction of sp³-hybridized carbons (Fsp3) is 0. The summed E-state index contributed by atoms with van der Waals surface area (Å²) >= 11 is 7.08. The Kier molecular flexibility index (Phi) is 3.80. The van der Waals surface area contributed by atoms with Gasteiger partial charge in [-0.05, 0) is 28.7 Å². The molecule has 0 N–H and O–H groups in total. The van der Waals surface area contributed by atoms with Gasteiger partial charge < -0.3 is 0 Å². The molecule has 1 aromatic rings. The molecule has 0 aliphatic heterocycles. The molecule has 0 aromatic heterocycles. The Balaban J connectivity index is 3.63. The van der Waals surface area contributed by atoms with E-state index in [-0.39, 0.29) is 19.2 Å². The maximum Gasteiger partial charge on any atom is 0.285 e. The van der Waals surface area contributed by atoms with Crippen molar-refractivity contribution in [3.63, 3.8) is 0 Å². The van der Waals surface area contributed by atoms with E-state index in [1.807, 2.05) is 0 Å². The van der Waals surface area contributed by atoms with E-state index in [0.29, 0.717) is 0 Å². The molecule has 0 aliphatic carbocycles. The van der Waals surface area contributed by atoms with Gasteiger partial charge in [-0.3, -0.25) is 10.1 Å². The normalized spacial score (nSPS) is 11.4. The predicted octanol–water partition coefficient (Wildman–Crippen LogP) is 2.78. The average Bonchev–Trinajstić information content (AvgIpc) is 2.06. The summed E-state index contributed by atoms with van der Waals surface area (Å²) in [5.41, 5.74) is -0.387. The van der Waals surface area contributed by atoms with Crippen LogP contribution in [0.3, 0.4) is 0 Å². The van der Waals surface area contributed by atoms with Crippen molar-refractivity contribution in [3.05, 3.63) is 30.8 Å². The second kappa shape index (κ2) is 4.40. The third-order valence-corrected chi connectivity index (χ3v) is 4.51. The molecule has 0 saturated heterocycles. The SMILES string of the molecule is O=[N+]([O-])c1cc(Cl)cc(S(=O)(=O)Cl)c1I. The lowest BCUT2D eigenvalue weighted by atomic mass is 10.3. The quantitative estimate of drug-likeness (QED) is 0.341. The van der Waals surface area contributed by atoms with E-state index >= 15 is 0 Å². The monoisotopic (exact) mass is 381 g/mol. The Labute approximate surface area is 108 Å². The Morgan fingerprint density at radius 2 is 1.93 bits per heavy atom. The predicted molar refractivity (Wildman–Crippen MR) is 63.9 cm³/mol. The molecule has 0 unspecified atom stereocenters. The van der Waals surface area contributed by atoms with Gasteiger partial charge in [-0.2, -0.15) is 0 Å². The van der Waals surface area contributed by atoms with E-state index in [1.165, 1.54) is 22.6 Å². The second-order valence-corrected chi connectivity index (χ2v) is 6.48. The van der Waals surface area contributed by atoms with Crippen molar-refractivity contribution in [2.75, 3.05) is 0 Å². The van der Waals surface area contributed by atoms with Gasteiger partial charge in [0.15, 0.2) is 0 Å². The fourth-order valence-corrected chi connectivity index (χ4v) is 3.86. The second-order valence-electron chi connectivity index (χ2n) is 2.43. The zero-order valence-corrected chi connectivity index (χ0v) is 11.3. The van der Waals surface area contributed by atoms with Crippen molar-refractivity contribution in [2.45, 2.75) is 4.90 Å². The Morgan fingerprint density at radius 1 is 1.40 bits per heavy atom. The summed E-state index contributed by atoms with van der Waals surface area (Å²) in [6, 6.07) is 2.13. The van der Waals surface area contributed by atoms with Crippen LogP contribution >= 0.6 is 44.9 Å². The average molecular weight is 382 g/mol. The van der Waals surface area contributed by atoms with Gasteiger partial charge in [0.2, 0.25) is 0 Å². The van der Waals surface area contributed by atoms with Gasteiger partial charge in [-0.25, -0.2) is 8.42 Å². The summed E-state index contributed by atoms with van der Waals surface area (Å²) in [4.78, 5) is 9.48. The molecule has 0 amide bonds. The van der Waals surface area contributed by atoms with Crippen molar-refractivity contribution in [3.8, 4) is 0 Å². The van der Waals surface area contributed by atoms with E-state index in [9.17, 15) is 18.5 Å². The first kappa shape index (κ1) is 12.9. The number of halogens is 3. The summed E-state index contributed by atoms with van der Waals surface area (Å²) in [6.45, 7) is 0. The minimum Gasteiger partial charge on any atom is -0.258 e. The van der Waals surface area contributed by atoms with Gasteiger partial charge in [0.05, 0.1) is 4.92 Å². The number of rotatable bonds is 2. The minimum atomic E-state index is -4.04. The molecule has 1 rings (SSSR count). The number of hydrogen-bond donors (Lipinski definition) is 0. The van der Waals surface area contributed by atoms with E-state index < -0.39 is 14.0 Å². The summed E-state index contributed by atoms with van der Waals surface area (Å²) < 4.78 is 22.1. The lowest BCUT2D eigenvalue weighted by Gasteiger charge is -2.02. The van der Waals surface area contributed by atoms with Crippen LogP contribution in [-0.2, 0) is 9.05 Å². The van der Waals surface area contributed by atoms with Crippen LogP contribution in [0.4, 0.5) is 5.69 Å². The van der Waals surface area contributed by atoms with Crippen molar-refractivity contribution in [1.29, 1.82) is 0 Å². The molecule has 0 atom stereocenters. The lowest BCUT2D eigenvalue weighted by molar-refractivity contribution is -0.386. The van der Waals surface area contributed by atoms with Crippen molar-refractivity contribution >= 4 is 59.6 Å². The molecule has 82 valence electrons. The first-order valence-corrected chi connectivity index (χ1v) is 7.08. The van der Waals surface area contributed by atoms with Crippen LogP contribution in [0.25, 0.3) is 0 Å². The highest BCUT2D eigenvalue weighted by Gasteiger charge is 2.23. The molecular formula is C6H2Cl2INO4S. The van der Waals surface area contributed by atoms with Gasteiger partial charge in [0.25, 0.3) is 14.7 Å². The topological polar surface area (TPSA) is 77.3 Å². The molecular weight excluding hydrogens is 380 g/mol. The van der Waals surface area contributed by atoms with E-state index in [1.54, 1.807) is 0 Å². The summed E-state index contributed by atoms with van der Waals surface area (Å²) in [7, 11) is 1.06. The minimum absolute atomic E-state index is 0.0543. The number of nitrogens with zero attached hydrogens (tertiary/aromatic N) is 1. The van der Waals surface area contributed by atoms with Gasteiger partial charge in [0.1, 0.15) is 8.47 Å². The van der Waals surface area contributed by atoms with E-state index in [4.69, 9.17) is 22.3 Å². The number of nitro groups is 1. The Bertz CT molecular complexity index is 530. The van der Waals surface area contributed by atoms with E-state index in [2.05, 4.69) is 0 Å². The Hall–Kier alpha value is -0.120. The summed E-state index contributed by atoms with van der Waals surface area (Å²) in [5, 5.41) is 10.5. The van der Waals surface area contributed by atoms with Crippen LogP contribution in [0, 0.1) is 13.7 Å². The smallest absolute Gasteiger partial charge is 0.258 e. The lowest BCUT2D eigenvalue weighted by Crippen LogP contribution is -1.99. The fourth-order valence-electron chi connectivity index (χ4n) is 0.861. The maximum atomic E-state index is 11.1. The van der Waals surface area contributed by atoms with Crippen LogP contribution in [0.15, 0.2) is 17.0 Å². The first-order chi connectivity index (χ1) is 6.73. The van der Waals surface area contributed by atoms with Crippen LogP contribution in [0.1, 0.15) is 0 Å². The largest absolute Gasteiger partial charge is 0.285 e. The third-order valence-electron chi connectivity index (χ3n) is 1.44. The number of nitro benzene ring substituents is 1. The highest BCUT2D eigenvalue weighted by atomic mass is 127. The third kappa shape index (κ3) is 2.92. The zero-order chi connectivity index (χ0) is 11.8. The molecule has 0 saturated carbocycles. The van der Waals surface area contributed by atoms with Gasteiger partial charge in [-0.15, -0.1) is 0 Å². The molecule has 0 bridgehead atoms. The molecule has 15 heavy (non-hydrogen) atoms. The van der Waals surface area contributed by atoms with Crippen LogP contribution < -0.4 is 0 Å². The van der Waals surface area contributed by atoms with Crippen LogP contribution in [0.5, 0.6) is 0 Å². The van der Waals surface area contributed by atoms with Crippen LogP contribution in [-0.4, -0.2) is 13.3 Å². The molecule has 0 radical (unpaired) electrons. The number of hydrogen-bond acceptors (Lipinski definition) is 4. The van der Waals surface area contributed by atoms with Gasteiger partial charge in [0, 0.05) is 21.8 Å². The highest BCUT2D eigenvalue weighted by molar-refractivity contribution is 14.1. The van der Waals surface area contributed by atoms with Crippen LogP contribution in [0.2, 0.25) is 5.02 Å². The number of benzene rings is 1. The Morgan fingerprint density at radius 3 is 2.33 bits per heavy atom. The molecule has 0 aliphatic rings. The summed E-state index contributed by atoms with van der Waals surface area (Å²) in [6.07, 6.45) is 0. The molecule has 1 aromatic carbocycles. The molecule has 0 heterocycles. The molecule has 5 nitrogen and oxygen atoms in total. The molecule has 0 fully saturated rings.